The van der Waals surface area contributed by atoms with Crippen molar-refractivity contribution in [2.24, 2.45) is 0 Å². The third-order valence-corrected chi connectivity index (χ3v) is 2.61. The van der Waals surface area contributed by atoms with Crippen LogP contribution in [0.2, 0.25) is 0 Å². The van der Waals surface area contributed by atoms with Gasteiger partial charge in [0.15, 0.2) is 0 Å². The number of benzene rings is 1. The van der Waals surface area contributed by atoms with Gasteiger partial charge in [-0.1, -0.05) is 12.1 Å². The fraction of sp³-hybridized carbons (Fsp3) is 0.286. The highest BCUT2D eigenvalue weighted by Gasteiger charge is 2.09. The van der Waals surface area contributed by atoms with E-state index in [0.717, 1.165) is 17.1 Å². The zero-order valence-electron chi connectivity index (χ0n) is 11.4. The Labute approximate surface area is 112 Å². The number of aryl methyl sites for hydroxylation is 1. The monoisotopic (exact) mass is 258 g/mol. The Hall–Kier alpha value is -2.14. The van der Waals surface area contributed by atoms with Crippen molar-refractivity contribution in [3.8, 4) is 5.69 Å². The molecule has 5 nitrogen and oxygen atoms in total. The van der Waals surface area contributed by atoms with Crippen LogP contribution in [-0.4, -0.2) is 41.2 Å². The molecule has 19 heavy (non-hydrogen) atoms. The zero-order valence-corrected chi connectivity index (χ0v) is 11.4. The summed E-state index contributed by atoms with van der Waals surface area (Å²) in [4.78, 5) is 13.7. The van der Waals surface area contributed by atoms with E-state index in [1.54, 1.807) is 4.68 Å². The molecule has 1 amide bonds. The van der Waals surface area contributed by atoms with Crippen molar-refractivity contribution >= 4 is 11.6 Å². The van der Waals surface area contributed by atoms with Crippen molar-refractivity contribution in [2.45, 2.75) is 6.92 Å². The number of anilines is 1. The largest absolute Gasteiger partial charge is 0.323 e. The van der Waals surface area contributed by atoms with Gasteiger partial charge in [-0.2, -0.15) is 5.10 Å². The number of nitrogens with one attached hydrogen (secondary N) is 1. The molecule has 0 atom stereocenters. The molecule has 0 radical (unpaired) electrons. The van der Waals surface area contributed by atoms with E-state index in [1.807, 2.05) is 62.4 Å². The van der Waals surface area contributed by atoms with Gasteiger partial charge in [-0.3, -0.25) is 4.79 Å². The lowest BCUT2D eigenvalue weighted by atomic mass is 10.2. The SMILES string of the molecule is Cc1ccn(-c2ccccc2NC(=O)CN(C)C)n1. The molecule has 1 heterocycles. The molecular formula is C14H18N4O. The molecule has 0 aliphatic carbocycles. The summed E-state index contributed by atoms with van der Waals surface area (Å²) < 4.78 is 1.76. The predicted molar refractivity (Wildman–Crippen MR) is 75.5 cm³/mol. The van der Waals surface area contributed by atoms with Crippen molar-refractivity contribution in [3.63, 3.8) is 0 Å². The summed E-state index contributed by atoms with van der Waals surface area (Å²) in [7, 11) is 3.73. The average molecular weight is 258 g/mol. The Morgan fingerprint density at radius 2 is 2.05 bits per heavy atom. The van der Waals surface area contributed by atoms with Crippen molar-refractivity contribution in [1.29, 1.82) is 0 Å². The average Bonchev–Trinajstić information content (AvgIpc) is 2.75. The van der Waals surface area contributed by atoms with Crippen molar-refractivity contribution in [1.82, 2.24) is 14.7 Å². The molecule has 1 aromatic heterocycles. The Morgan fingerprint density at radius 1 is 1.32 bits per heavy atom. The fourth-order valence-electron chi connectivity index (χ4n) is 1.81. The van der Waals surface area contributed by atoms with Crippen molar-refractivity contribution in [2.75, 3.05) is 26.0 Å². The number of hydrogen-bond donors (Lipinski definition) is 1. The summed E-state index contributed by atoms with van der Waals surface area (Å²) >= 11 is 0. The molecule has 0 fully saturated rings. The lowest BCUT2D eigenvalue weighted by Gasteiger charge is -2.13. The minimum atomic E-state index is -0.0404. The first-order valence-corrected chi connectivity index (χ1v) is 6.12. The van der Waals surface area contributed by atoms with Crippen LogP contribution in [0.1, 0.15) is 5.69 Å². The first-order chi connectivity index (χ1) is 9.06. The van der Waals surface area contributed by atoms with Crippen LogP contribution in [0.3, 0.4) is 0 Å². The first-order valence-electron chi connectivity index (χ1n) is 6.12. The second-order valence-electron chi connectivity index (χ2n) is 4.70. The highest BCUT2D eigenvalue weighted by Crippen LogP contribution is 2.19. The number of likely N-dealkylation sites (N-methyl/N-ethyl adjacent to an activating group) is 1. The van der Waals surface area contributed by atoms with Crippen LogP contribution in [0, 0.1) is 6.92 Å². The maximum absolute atomic E-state index is 11.8. The fourth-order valence-corrected chi connectivity index (χ4v) is 1.81. The summed E-state index contributed by atoms with van der Waals surface area (Å²) in [5.41, 5.74) is 2.56. The summed E-state index contributed by atoms with van der Waals surface area (Å²) in [5.74, 6) is -0.0404. The van der Waals surface area contributed by atoms with E-state index in [2.05, 4.69) is 10.4 Å². The van der Waals surface area contributed by atoms with E-state index in [0.29, 0.717) is 6.54 Å². The summed E-state index contributed by atoms with van der Waals surface area (Å²) in [6.45, 7) is 2.29. The molecular weight excluding hydrogens is 240 g/mol. The van der Waals surface area contributed by atoms with Gasteiger partial charge in [0, 0.05) is 6.20 Å². The van der Waals surface area contributed by atoms with Gasteiger partial charge in [-0.05, 0) is 39.2 Å². The number of nitrogens with zero attached hydrogens (tertiary/aromatic N) is 3. The van der Waals surface area contributed by atoms with Gasteiger partial charge in [0.1, 0.15) is 0 Å². The molecule has 1 N–H and O–H groups in total. The summed E-state index contributed by atoms with van der Waals surface area (Å²) in [5, 5.41) is 7.27. The minimum absolute atomic E-state index is 0.0404. The lowest BCUT2D eigenvalue weighted by molar-refractivity contribution is -0.116. The van der Waals surface area contributed by atoms with E-state index in [4.69, 9.17) is 0 Å². The van der Waals surface area contributed by atoms with Crippen LogP contribution in [0.5, 0.6) is 0 Å². The quantitative estimate of drug-likeness (QED) is 0.907. The normalized spacial score (nSPS) is 10.7. The van der Waals surface area contributed by atoms with E-state index < -0.39 is 0 Å². The maximum Gasteiger partial charge on any atom is 0.238 e. The molecule has 0 spiro atoms. The van der Waals surface area contributed by atoms with Crippen LogP contribution in [0.25, 0.3) is 5.69 Å². The second kappa shape index (κ2) is 5.67. The Bertz CT molecular complexity index is 574. The van der Waals surface area contributed by atoms with Crippen LogP contribution in [0.15, 0.2) is 36.5 Å². The molecule has 0 saturated heterocycles. The highest BCUT2D eigenvalue weighted by molar-refractivity contribution is 5.94. The Kier molecular flexibility index (Phi) is 3.97. The van der Waals surface area contributed by atoms with Crippen molar-refractivity contribution < 1.29 is 4.79 Å². The number of rotatable bonds is 4. The van der Waals surface area contributed by atoms with Gasteiger partial charge in [-0.25, -0.2) is 4.68 Å². The smallest absolute Gasteiger partial charge is 0.238 e. The first kappa shape index (κ1) is 13.3. The van der Waals surface area contributed by atoms with Gasteiger partial charge >= 0.3 is 0 Å². The summed E-state index contributed by atoms with van der Waals surface area (Å²) in [6.07, 6.45) is 1.88. The molecule has 100 valence electrons. The topological polar surface area (TPSA) is 50.2 Å². The lowest BCUT2D eigenvalue weighted by Crippen LogP contribution is -2.27. The summed E-state index contributed by atoms with van der Waals surface area (Å²) in [6, 6.07) is 9.55. The predicted octanol–water partition coefficient (Wildman–Crippen LogP) is 1.68. The molecule has 0 unspecified atom stereocenters. The third-order valence-electron chi connectivity index (χ3n) is 2.61. The molecule has 0 aliphatic rings. The van der Waals surface area contributed by atoms with Gasteiger partial charge < -0.3 is 10.2 Å². The highest BCUT2D eigenvalue weighted by atomic mass is 16.2. The minimum Gasteiger partial charge on any atom is -0.323 e. The number of carbonyl (C=O) groups excluding carboxylic acids is 1. The van der Waals surface area contributed by atoms with Crippen molar-refractivity contribution in [3.05, 3.63) is 42.2 Å². The van der Waals surface area contributed by atoms with Crippen LogP contribution in [0.4, 0.5) is 5.69 Å². The number of para-hydroxylation sites is 2. The number of carbonyl (C=O) groups is 1. The second-order valence-corrected chi connectivity index (χ2v) is 4.70. The number of aromatic nitrogens is 2. The van der Waals surface area contributed by atoms with E-state index >= 15 is 0 Å². The van der Waals surface area contributed by atoms with E-state index in [-0.39, 0.29) is 5.91 Å². The maximum atomic E-state index is 11.8. The Morgan fingerprint density at radius 3 is 2.68 bits per heavy atom. The standard InChI is InChI=1S/C14H18N4O/c1-11-8-9-18(16-11)13-7-5-4-6-12(13)15-14(19)10-17(2)3/h4-9H,10H2,1-3H3,(H,15,19). The molecule has 5 heteroatoms. The molecule has 2 aromatic rings. The van der Waals surface area contributed by atoms with Gasteiger partial charge in [0.2, 0.25) is 5.91 Å². The number of hydrogen-bond acceptors (Lipinski definition) is 3. The number of amides is 1. The van der Waals surface area contributed by atoms with Crippen LogP contribution >= 0.6 is 0 Å². The van der Waals surface area contributed by atoms with E-state index in [9.17, 15) is 4.79 Å². The molecule has 1 aromatic carbocycles. The van der Waals surface area contributed by atoms with Gasteiger partial charge in [0.05, 0.1) is 23.6 Å². The van der Waals surface area contributed by atoms with Gasteiger partial charge in [0.25, 0.3) is 0 Å². The Balaban J connectivity index is 2.24. The zero-order chi connectivity index (χ0) is 13.8. The molecule has 0 bridgehead atoms. The third kappa shape index (κ3) is 3.42. The molecule has 0 aliphatic heterocycles. The van der Waals surface area contributed by atoms with Gasteiger partial charge in [-0.15, -0.1) is 0 Å². The molecule has 2 rings (SSSR count). The van der Waals surface area contributed by atoms with E-state index in [1.165, 1.54) is 0 Å². The van der Waals surface area contributed by atoms with Crippen LogP contribution in [-0.2, 0) is 4.79 Å². The van der Waals surface area contributed by atoms with Crippen LogP contribution < -0.4 is 5.32 Å². The molecule has 0 saturated carbocycles.